The van der Waals surface area contributed by atoms with Crippen molar-refractivity contribution in [1.29, 1.82) is 0 Å². The van der Waals surface area contributed by atoms with Crippen molar-refractivity contribution in [2.45, 2.75) is 64.0 Å². The molecule has 1 atom stereocenters. The number of aliphatic hydroxyl groups is 1. The van der Waals surface area contributed by atoms with Crippen molar-refractivity contribution < 1.29 is 22.7 Å². The fourth-order valence-electron chi connectivity index (χ4n) is 5.36. The van der Waals surface area contributed by atoms with Gasteiger partial charge < -0.3 is 14.9 Å². The first-order valence-corrected chi connectivity index (χ1v) is 12.9. The maximum Gasteiger partial charge on any atom is 0.232 e. The lowest BCUT2D eigenvalue weighted by molar-refractivity contribution is -0.139. The molecule has 172 valence electrons. The number of benzene rings is 1. The third-order valence-electron chi connectivity index (χ3n) is 7.17. The highest BCUT2D eigenvalue weighted by Crippen LogP contribution is 2.44. The third-order valence-corrected chi connectivity index (χ3v) is 8.48. The summed E-state index contributed by atoms with van der Waals surface area (Å²) >= 11 is 0. The minimum Gasteiger partial charge on any atom is -0.393 e. The van der Waals surface area contributed by atoms with Gasteiger partial charge >= 0.3 is 0 Å². The lowest BCUT2D eigenvalue weighted by atomic mass is 9.78. The van der Waals surface area contributed by atoms with E-state index in [1.54, 1.807) is 12.1 Å². The molecule has 7 nitrogen and oxygen atoms in total. The van der Waals surface area contributed by atoms with Crippen LogP contribution in [0.25, 0.3) is 0 Å². The molecule has 31 heavy (non-hydrogen) atoms. The quantitative estimate of drug-likeness (QED) is 0.716. The second kappa shape index (κ2) is 8.58. The summed E-state index contributed by atoms with van der Waals surface area (Å²) in [5.74, 6) is -0.396. The SMILES string of the molecule is CCS(=O)(=O)Nc1ccc(N2CCC[C@]3(CCN([C@H]4CC[C@H](O)CC4)C3=O)C2)c(F)c1. The van der Waals surface area contributed by atoms with Crippen LogP contribution in [0.3, 0.4) is 0 Å². The molecule has 0 aromatic heterocycles. The standard InChI is InChI=1S/C22H32FN3O4S/c1-2-31(29,30)24-16-4-9-20(19(23)14-16)25-12-3-10-22(15-25)11-13-26(21(22)28)17-5-7-18(27)8-6-17/h4,9,14,17-18,24,27H,2-3,5-8,10-13,15H2,1H3/t17-,18-,22-/m0/s1. The molecular weight excluding hydrogens is 421 g/mol. The van der Waals surface area contributed by atoms with Crippen molar-refractivity contribution in [3.63, 3.8) is 0 Å². The lowest BCUT2D eigenvalue weighted by Gasteiger charge is -2.41. The van der Waals surface area contributed by atoms with E-state index in [2.05, 4.69) is 4.72 Å². The summed E-state index contributed by atoms with van der Waals surface area (Å²) in [4.78, 5) is 17.4. The van der Waals surface area contributed by atoms with Crippen LogP contribution in [0.4, 0.5) is 15.8 Å². The maximum atomic E-state index is 14.9. The van der Waals surface area contributed by atoms with Crippen LogP contribution >= 0.6 is 0 Å². The number of sulfonamides is 1. The fraction of sp³-hybridized carbons (Fsp3) is 0.682. The minimum atomic E-state index is -3.47. The van der Waals surface area contributed by atoms with E-state index in [0.717, 1.165) is 51.5 Å². The number of carbonyl (C=O) groups excluding carboxylic acids is 1. The Morgan fingerprint density at radius 3 is 2.61 bits per heavy atom. The lowest BCUT2D eigenvalue weighted by Crippen LogP contribution is -2.50. The van der Waals surface area contributed by atoms with Crippen LogP contribution in [-0.2, 0) is 14.8 Å². The van der Waals surface area contributed by atoms with Gasteiger partial charge in [0.05, 0.1) is 28.6 Å². The highest BCUT2D eigenvalue weighted by Gasteiger charge is 2.50. The molecule has 1 aromatic rings. The Morgan fingerprint density at radius 2 is 1.94 bits per heavy atom. The van der Waals surface area contributed by atoms with Gasteiger partial charge in [0.2, 0.25) is 15.9 Å². The predicted octanol–water partition coefficient (Wildman–Crippen LogP) is 2.71. The van der Waals surface area contributed by atoms with Gasteiger partial charge in [0, 0.05) is 31.7 Å². The number of aliphatic hydroxyl groups excluding tert-OH is 1. The number of carbonyl (C=O) groups is 1. The zero-order valence-electron chi connectivity index (χ0n) is 18.0. The van der Waals surface area contributed by atoms with Crippen LogP contribution in [0.5, 0.6) is 0 Å². The number of nitrogens with zero attached hydrogens (tertiary/aromatic N) is 2. The minimum absolute atomic E-state index is 0.0798. The van der Waals surface area contributed by atoms with Crippen LogP contribution in [0, 0.1) is 11.2 Å². The highest BCUT2D eigenvalue weighted by atomic mass is 32.2. The topological polar surface area (TPSA) is 90.0 Å². The van der Waals surface area contributed by atoms with E-state index in [-0.39, 0.29) is 29.5 Å². The van der Waals surface area contributed by atoms with Gasteiger partial charge in [-0.1, -0.05) is 0 Å². The van der Waals surface area contributed by atoms with Crippen molar-refractivity contribution in [2.75, 3.05) is 35.0 Å². The Balaban J connectivity index is 1.48. The number of anilines is 2. The first-order valence-electron chi connectivity index (χ1n) is 11.3. The molecule has 3 fully saturated rings. The summed E-state index contributed by atoms with van der Waals surface area (Å²) in [7, 11) is -3.47. The molecule has 3 aliphatic rings. The number of halogens is 1. The summed E-state index contributed by atoms with van der Waals surface area (Å²) in [5.41, 5.74) is 0.131. The largest absolute Gasteiger partial charge is 0.393 e. The average Bonchev–Trinajstić information content (AvgIpc) is 3.04. The summed E-state index contributed by atoms with van der Waals surface area (Å²) in [6, 6.07) is 4.58. The second-order valence-electron chi connectivity index (χ2n) is 9.19. The van der Waals surface area contributed by atoms with Crippen LogP contribution in [0.2, 0.25) is 0 Å². The Labute approximate surface area is 183 Å². The van der Waals surface area contributed by atoms with Crippen molar-refractivity contribution >= 4 is 27.3 Å². The number of nitrogens with one attached hydrogen (secondary N) is 1. The number of likely N-dealkylation sites (tertiary alicyclic amines) is 1. The van der Waals surface area contributed by atoms with E-state index in [9.17, 15) is 22.7 Å². The molecule has 2 saturated heterocycles. The van der Waals surface area contributed by atoms with Gasteiger partial charge in [-0.25, -0.2) is 12.8 Å². The van der Waals surface area contributed by atoms with Gasteiger partial charge in [0.15, 0.2) is 0 Å². The molecule has 1 aromatic carbocycles. The monoisotopic (exact) mass is 453 g/mol. The van der Waals surface area contributed by atoms with Gasteiger partial charge in [-0.2, -0.15) is 0 Å². The number of rotatable bonds is 5. The molecule has 2 N–H and O–H groups in total. The van der Waals surface area contributed by atoms with Crippen molar-refractivity contribution in [2.24, 2.45) is 5.41 Å². The van der Waals surface area contributed by atoms with Crippen molar-refractivity contribution in [3.8, 4) is 0 Å². The number of hydrogen-bond donors (Lipinski definition) is 2. The summed E-state index contributed by atoms with van der Waals surface area (Å²) < 4.78 is 40.8. The molecule has 1 spiro atoms. The van der Waals surface area contributed by atoms with Gasteiger partial charge in [-0.3, -0.25) is 9.52 Å². The van der Waals surface area contributed by atoms with E-state index in [1.807, 2.05) is 9.80 Å². The summed E-state index contributed by atoms with van der Waals surface area (Å²) in [6.45, 7) is 3.40. The van der Waals surface area contributed by atoms with E-state index in [0.29, 0.717) is 18.8 Å². The second-order valence-corrected chi connectivity index (χ2v) is 11.2. The normalized spacial score (nSPS) is 29.6. The van der Waals surface area contributed by atoms with Crippen LogP contribution < -0.4 is 9.62 Å². The van der Waals surface area contributed by atoms with E-state index in [4.69, 9.17) is 0 Å². The van der Waals surface area contributed by atoms with Crippen LogP contribution in [0.1, 0.15) is 51.9 Å². The van der Waals surface area contributed by atoms with E-state index in [1.165, 1.54) is 13.0 Å². The molecule has 1 amide bonds. The van der Waals surface area contributed by atoms with E-state index >= 15 is 0 Å². The van der Waals surface area contributed by atoms with Crippen LogP contribution in [0.15, 0.2) is 18.2 Å². The molecule has 0 radical (unpaired) electrons. The zero-order chi connectivity index (χ0) is 22.2. The van der Waals surface area contributed by atoms with Crippen molar-refractivity contribution in [1.82, 2.24) is 4.90 Å². The average molecular weight is 454 g/mol. The van der Waals surface area contributed by atoms with Crippen molar-refractivity contribution in [3.05, 3.63) is 24.0 Å². The first-order chi connectivity index (χ1) is 14.7. The van der Waals surface area contributed by atoms with Gasteiger partial charge in [0.1, 0.15) is 5.82 Å². The Morgan fingerprint density at radius 1 is 1.19 bits per heavy atom. The highest BCUT2D eigenvalue weighted by molar-refractivity contribution is 7.92. The van der Waals surface area contributed by atoms with E-state index < -0.39 is 21.3 Å². The first kappa shape index (κ1) is 22.3. The molecule has 2 heterocycles. The number of piperidine rings is 1. The zero-order valence-corrected chi connectivity index (χ0v) is 18.8. The predicted molar refractivity (Wildman–Crippen MR) is 118 cm³/mol. The number of hydrogen-bond acceptors (Lipinski definition) is 5. The van der Waals surface area contributed by atoms with Gasteiger partial charge in [-0.15, -0.1) is 0 Å². The number of amides is 1. The third kappa shape index (κ3) is 4.53. The molecule has 1 saturated carbocycles. The molecule has 0 unspecified atom stereocenters. The summed E-state index contributed by atoms with van der Waals surface area (Å²) in [5, 5.41) is 9.78. The molecule has 4 rings (SSSR count). The Kier molecular flexibility index (Phi) is 6.18. The molecule has 9 heteroatoms. The smallest absolute Gasteiger partial charge is 0.232 e. The molecule has 2 aliphatic heterocycles. The Hall–Kier alpha value is -1.87. The van der Waals surface area contributed by atoms with Gasteiger partial charge in [-0.05, 0) is 64.0 Å². The Bertz CT molecular complexity index is 933. The summed E-state index contributed by atoms with van der Waals surface area (Å²) in [6.07, 6.45) is 5.32. The van der Waals surface area contributed by atoms with Crippen LogP contribution in [-0.4, -0.2) is 61.9 Å². The van der Waals surface area contributed by atoms with Gasteiger partial charge in [0.25, 0.3) is 0 Å². The fourth-order valence-corrected chi connectivity index (χ4v) is 5.99. The molecule has 1 aliphatic carbocycles. The molecular formula is C22H32FN3O4S. The molecule has 0 bridgehead atoms. The maximum absolute atomic E-state index is 14.9.